The number of aromatic hydroxyl groups is 1. The fourth-order valence-electron chi connectivity index (χ4n) is 2.48. The molecule has 0 radical (unpaired) electrons. The number of halogens is 1. The number of carbonyl (C=O) groups excluding carboxylic acids is 1. The highest BCUT2D eigenvalue weighted by Crippen LogP contribution is 2.32. The number of phenolic OH excluding ortho intramolecular Hbond substituents is 1. The van der Waals surface area contributed by atoms with Gasteiger partial charge in [0.05, 0.1) is 16.3 Å². The van der Waals surface area contributed by atoms with Crippen molar-refractivity contribution in [3.05, 3.63) is 64.4 Å². The second kappa shape index (κ2) is 6.89. The topological polar surface area (TPSA) is 113 Å². The number of phenols is 1. The highest BCUT2D eigenvalue weighted by Gasteiger charge is 2.24. The van der Waals surface area contributed by atoms with Gasteiger partial charge in [-0.05, 0) is 31.2 Å². The van der Waals surface area contributed by atoms with Gasteiger partial charge in [0.15, 0.2) is 0 Å². The minimum atomic E-state index is -1.29. The van der Waals surface area contributed by atoms with Crippen LogP contribution in [0.5, 0.6) is 5.75 Å². The normalized spacial score (nSPS) is 10.5. The van der Waals surface area contributed by atoms with Gasteiger partial charge in [0.25, 0.3) is 5.91 Å². The third kappa shape index (κ3) is 3.25. The number of carbonyl (C=O) groups is 2. The quantitative estimate of drug-likeness (QED) is 0.597. The molecule has 0 saturated heterocycles. The third-order valence-electron chi connectivity index (χ3n) is 3.70. The Morgan fingerprint density at radius 1 is 1.19 bits per heavy atom. The van der Waals surface area contributed by atoms with Crippen molar-refractivity contribution >= 4 is 29.2 Å². The Balaban J connectivity index is 2.02. The second-order valence-corrected chi connectivity index (χ2v) is 5.84. The van der Waals surface area contributed by atoms with E-state index in [9.17, 15) is 19.8 Å². The van der Waals surface area contributed by atoms with E-state index in [1.165, 1.54) is 12.1 Å². The van der Waals surface area contributed by atoms with E-state index in [2.05, 4.69) is 10.5 Å². The van der Waals surface area contributed by atoms with Crippen LogP contribution in [0.4, 0.5) is 5.69 Å². The van der Waals surface area contributed by atoms with Crippen LogP contribution >= 0.6 is 11.6 Å². The van der Waals surface area contributed by atoms with Gasteiger partial charge in [-0.3, -0.25) is 4.79 Å². The number of nitrogens with zero attached hydrogens (tertiary/aromatic N) is 1. The van der Waals surface area contributed by atoms with E-state index in [1.807, 2.05) is 0 Å². The molecule has 0 fully saturated rings. The lowest BCUT2D eigenvalue weighted by Crippen LogP contribution is -2.16. The first-order chi connectivity index (χ1) is 12.4. The first kappa shape index (κ1) is 17.5. The first-order valence-corrected chi connectivity index (χ1v) is 7.85. The van der Waals surface area contributed by atoms with E-state index in [-0.39, 0.29) is 34.0 Å². The molecule has 3 aromatic rings. The maximum atomic E-state index is 12.8. The molecule has 132 valence electrons. The van der Waals surface area contributed by atoms with E-state index in [1.54, 1.807) is 31.2 Å². The van der Waals surface area contributed by atoms with Gasteiger partial charge in [0, 0.05) is 5.56 Å². The number of hydrogen-bond acceptors (Lipinski definition) is 5. The summed E-state index contributed by atoms with van der Waals surface area (Å²) in [6, 6.07) is 10.5. The third-order valence-corrected chi connectivity index (χ3v) is 4.03. The number of aromatic nitrogens is 1. The summed E-state index contributed by atoms with van der Waals surface area (Å²) in [5, 5.41) is 25.5. The number of carboxylic acids is 1. The molecular weight excluding hydrogens is 360 g/mol. The second-order valence-electron chi connectivity index (χ2n) is 5.43. The molecule has 3 rings (SSSR count). The number of aromatic carboxylic acids is 1. The smallest absolute Gasteiger partial charge is 0.337 e. The lowest BCUT2D eigenvalue weighted by Gasteiger charge is -2.09. The molecule has 0 saturated carbocycles. The summed E-state index contributed by atoms with van der Waals surface area (Å²) in [7, 11) is 0. The van der Waals surface area contributed by atoms with Crippen molar-refractivity contribution in [1.29, 1.82) is 0 Å². The highest BCUT2D eigenvalue weighted by atomic mass is 35.5. The van der Waals surface area contributed by atoms with Gasteiger partial charge in [-0.1, -0.05) is 35.0 Å². The summed E-state index contributed by atoms with van der Waals surface area (Å²) in [5.74, 6) is -1.86. The van der Waals surface area contributed by atoms with Gasteiger partial charge < -0.3 is 20.1 Å². The van der Waals surface area contributed by atoms with Crippen LogP contribution in [0.15, 0.2) is 47.0 Å². The largest absolute Gasteiger partial charge is 0.508 e. The molecule has 1 amide bonds. The summed E-state index contributed by atoms with van der Waals surface area (Å²) < 4.78 is 5.13. The number of anilines is 1. The zero-order chi connectivity index (χ0) is 18.8. The van der Waals surface area contributed by atoms with Crippen molar-refractivity contribution in [3.63, 3.8) is 0 Å². The molecule has 2 aromatic carbocycles. The van der Waals surface area contributed by atoms with Gasteiger partial charge in [-0.25, -0.2) is 4.79 Å². The van der Waals surface area contributed by atoms with E-state index in [4.69, 9.17) is 16.1 Å². The molecule has 7 nitrogen and oxygen atoms in total. The van der Waals surface area contributed by atoms with Crippen LogP contribution in [0.3, 0.4) is 0 Å². The van der Waals surface area contributed by atoms with E-state index in [0.717, 1.165) is 6.07 Å². The Labute approximate surface area is 152 Å². The van der Waals surface area contributed by atoms with Crippen molar-refractivity contribution in [2.24, 2.45) is 0 Å². The molecule has 0 aliphatic rings. The van der Waals surface area contributed by atoms with Crippen molar-refractivity contribution in [2.45, 2.75) is 6.92 Å². The Morgan fingerprint density at radius 2 is 1.92 bits per heavy atom. The van der Waals surface area contributed by atoms with E-state index in [0.29, 0.717) is 10.6 Å². The van der Waals surface area contributed by atoms with Crippen LogP contribution in [-0.2, 0) is 0 Å². The number of carboxylic acid groups (broad SMARTS) is 1. The van der Waals surface area contributed by atoms with Crippen molar-refractivity contribution in [1.82, 2.24) is 5.16 Å². The number of amides is 1. The van der Waals surface area contributed by atoms with Crippen LogP contribution < -0.4 is 5.32 Å². The molecule has 1 aromatic heterocycles. The lowest BCUT2D eigenvalue weighted by atomic mass is 10.0. The SMILES string of the molecule is Cc1onc(-c2ccccc2Cl)c1C(=O)Nc1ccc(O)cc1C(=O)O. The number of hydrogen-bond donors (Lipinski definition) is 3. The molecule has 1 heterocycles. The van der Waals surface area contributed by atoms with Gasteiger partial charge in [0.1, 0.15) is 22.8 Å². The van der Waals surface area contributed by atoms with Gasteiger partial charge in [0.2, 0.25) is 0 Å². The van der Waals surface area contributed by atoms with Crippen molar-refractivity contribution < 1.29 is 24.3 Å². The first-order valence-electron chi connectivity index (χ1n) is 7.47. The fourth-order valence-corrected chi connectivity index (χ4v) is 2.70. The van der Waals surface area contributed by atoms with Crippen LogP contribution in [0.1, 0.15) is 26.5 Å². The number of nitrogens with one attached hydrogen (secondary N) is 1. The molecule has 0 aliphatic heterocycles. The summed E-state index contributed by atoms with van der Waals surface area (Å²) >= 11 is 6.17. The average Bonchev–Trinajstić information content (AvgIpc) is 2.98. The number of aryl methyl sites for hydroxylation is 1. The summed E-state index contributed by atoms with van der Waals surface area (Å²) in [5.41, 5.74) is 0.696. The standard InChI is InChI=1S/C18H13ClN2O5/c1-9-15(16(21-26-9)11-4-2-3-5-13(11)19)17(23)20-14-7-6-10(22)8-12(14)18(24)25/h2-8,22H,1H3,(H,20,23)(H,24,25). The summed E-state index contributed by atoms with van der Waals surface area (Å²) in [6.45, 7) is 1.57. The highest BCUT2D eigenvalue weighted by molar-refractivity contribution is 6.33. The number of rotatable bonds is 4. The zero-order valence-electron chi connectivity index (χ0n) is 13.5. The zero-order valence-corrected chi connectivity index (χ0v) is 14.2. The van der Waals surface area contributed by atoms with Crippen LogP contribution in [0.25, 0.3) is 11.3 Å². The average molecular weight is 373 g/mol. The van der Waals surface area contributed by atoms with Crippen LogP contribution in [0, 0.1) is 6.92 Å². The predicted molar refractivity (Wildman–Crippen MR) is 94.7 cm³/mol. The predicted octanol–water partition coefficient (Wildman–Crippen LogP) is 3.96. The molecule has 26 heavy (non-hydrogen) atoms. The fraction of sp³-hybridized carbons (Fsp3) is 0.0556. The maximum absolute atomic E-state index is 12.8. The minimum absolute atomic E-state index is 0.0333. The lowest BCUT2D eigenvalue weighted by molar-refractivity contribution is 0.0697. The Kier molecular flexibility index (Phi) is 4.64. The van der Waals surface area contributed by atoms with Crippen molar-refractivity contribution in [3.8, 4) is 17.0 Å². The van der Waals surface area contributed by atoms with Crippen LogP contribution in [0.2, 0.25) is 5.02 Å². The van der Waals surface area contributed by atoms with E-state index >= 15 is 0 Å². The monoisotopic (exact) mass is 372 g/mol. The molecule has 3 N–H and O–H groups in total. The maximum Gasteiger partial charge on any atom is 0.337 e. The molecule has 0 atom stereocenters. The molecule has 0 aliphatic carbocycles. The summed E-state index contributed by atoms with van der Waals surface area (Å²) in [6.07, 6.45) is 0. The van der Waals surface area contributed by atoms with Gasteiger partial charge >= 0.3 is 5.97 Å². The molecule has 0 unspecified atom stereocenters. The summed E-state index contributed by atoms with van der Waals surface area (Å²) in [4.78, 5) is 24.1. The Bertz CT molecular complexity index is 1010. The number of benzene rings is 2. The minimum Gasteiger partial charge on any atom is -0.508 e. The van der Waals surface area contributed by atoms with Gasteiger partial charge in [-0.15, -0.1) is 0 Å². The van der Waals surface area contributed by atoms with Crippen LogP contribution in [-0.4, -0.2) is 27.2 Å². The van der Waals surface area contributed by atoms with Gasteiger partial charge in [-0.2, -0.15) is 0 Å². The molecular formula is C18H13ClN2O5. The Morgan fingerprint density at radius 3 is 2.62 bits per heavy atom. The molecule has 0 bridgehead atoms. The van der Waals surface area contributed by atoms with E-state index < -0.39 is 11.9 Å². The van der Waals surface area contributed by atoms with Crippen molar-refractivity contribution in [2.75, 3.05) is 5.32 Å². The Hall–Kier alpha value is -3.32. The molecule has 0 spiro atoms. The molecule has 8 heteroatoms.